The first-order chi connectivity index (χ1) is 8.49. The molecule has 1 aromatic carbocycles. The van der Waals surface area contributed by atoms with Crippen LogP contribution in [0.25, 0.3) is 0 Å². The van der Waals surface area contributed by atoms with Gasteiger partial charge in [-0.05, 0) is 32.3 Å². The zero-order chi connectivity index (χ0) is 13.5. The SMILES string of the molecule is CN(C)CCN(CCC(=O)O)c1cccc(F)c1. The van der Waals surface area contributed by atoms with Crippen LogP contribution in [0, 0.1) is 5.82 Å². The highest BCUT2D eigenvalue weighted by Crippen LogP contribution is 2.15. The number of halogens is 1. The van der Waals surface area contributed by atoms with Crippen LogP contribution < -0.4 is 4.90 Å². The van der Waals surface area contributed by atoms with E-state index in [1.54, 1.807) is 12.1 Å². The van der Waals surface area contributed by atoms with E-state index < -0.39 is 5.97 Å². The first-order valence-electron chi connectivity index (χ1n) is 5.86. The Balaban J connectivity index is 2.72. The van der Waals surface area contributed by atoms with Gasteiger partial charge in [-0.15, -0.1) is 0 Å². The zero-order valence-corrected chi connectivity index (χ0v) is 10.8. The molecule has 0 amide bonds. The fourth-order valence-corrected chi connectivity index (χ4v) is 1.59. The second-order valence-corrected chi connectivity index (χ2v) is 4.41. The number of carbonyl (C=O) groups is 1. The highest BCUT2D eigenvalue weighted by molar-refractivity contribution is 5.67. The van der Waals surface area contributed by atoms with Gasteiger partial charge in [-0.1, -0.05) is 6.07 Å². The van der Waals surface area contributed by atoms with Crippen molar-refractivity contribution in [3.8, 4) is 0 Å². The molecular weight excluding hydrogens is 235 g/mol. The molecule has 0 saturated carbocycles. The van der Waals surface area contributed by atoms with Crippen molar-refractivity contribution in [1.29, 1.82) is 0 Å². The lowest BCUT2D eigenvalue weighted by Crippen LogP contribution is -2.33. The lowest BCUT2D eigenvalue weighted by Gasteiger charge is -2.25. The standard InChI is InChI=1S/C13H19FN2O2/c1-15(2)8-9-16(7-6-13(17)18)12-5-3-4-11(14)10-12/h3-5,10H,6-9H2,1-2H3,(H,17,18). The number of carboxylic acids is 1. The minimum absolute atomic E-state index is 0.0456. The predicted octanol–water partition coefficient (Wildman–Crippen LogP) is 1.67. The maximum atomic E-state index is 13.2. The summed E-state index contributed by atoms with van der Waals surface area (Å²) in [6.45, 7) is 1.84. The van der Waals surface area contributed by atoms with Crippen LogP contribution in [0.3, 0.4) is 0 Å². The van der Waals surface area contributed by atoms with Crippen LogP contribution in [-0.2, 0) is 4.79 Å². The van der Waals surface area contributed by atoms with Crippen molar-refractivity contribution in [1.82, 2.24) is 4.90 Å². The van der Waals surface area contributed by atoms with Crippen LogP contribution in [0.15, 0.2) is 24.3 Å². The van der Waals surface area contributed by atoms with Crippen molar-refractivity contribution in [2.75, 3.05) is 38.6 Å². The smallest absolute Gasteiger partial charge is 0.305 e. The average Bonchev–Trinajstić information content (AvgIpc) is 2.28. The number of benzene rings is 1. The van der Waals surface area contributed by atoms with Crippen molar-refractivity contribution in [2.45, 2.75) is 6.42 Å². The molecule has 0 spiro atoms. The van der Waals surface area contributed by atoms with Gasteiger partial charge in [0.1, 0.15) is 5.82 Å². The van der Waals surface area contributed by atoms with Crippen molar-refractivity contribution in [3.05, 3.63) is 30.1 Å². The normalized spacial score (nSPS) is 10.7. The number of hydrogen-bond acceptors (Lipinski definition) is 3. The van der Waals surface area contributed by atoms with Crippen LogP contribution in [-0.4, -0.2) is 49.7 Å². The fourth-order valence-electron chi connectivity index (χ4n) is 1.59. The Labute approximate surface area is 107 Å². The van der Waals surface area contributed by atoms with E-state index in [0.29, 0.717) is 13.1 Å². The molecule has 0 bridgehead atoms. The van der Waals surface area contributed by atoms with Crippen LogP contribution in [0.2, 0.25) is 0 Å². The summed E-state index contributed by atoms with van der Waals surface area (Å²) in [6, 6.07) is 6.23. The molecule has 0 unspecified atom stereocenters. The fraction of sp³-hybridized carbons (Fsp3) is 0.462. The van der Waals surface area contributed by atoms with Gasteiger partial charge in [0.25, 0.3) is 0 Å². The third-order valence-electron chi connectivity index (χ3n) is 2.59. The summed E-state index contributed by atoms with van der Waals surface area (Å²) in [4.78, 5) is 14.5. The lowest BCUT2D eigenvalue weighted by molar-refractivity contribution is -0.136. The molecule has 0 heterocycles. The van der Waals surface area contributed by atoms with Crippen LogP contribution in [0.1, 0.15) is 6.42 Å². The molecule has 0 aliphatic heterocycles. The molecule has 5 heteroatoms. The van der Waals surface area contributed by atoms with Gasteiger partial charge in [0.05, 0.1) is 6.42 Å². The van der Waals surface area contributed by atoms with E-state index in [1.165, 1.54) is 12.1 Å². The first-order valence-corrected chi connectivity index (χ1v) is 5.86. The van der Waals surface area contributed by atoms with Crippen LogP contribution in [0.4, 0.5) is 10.1 Å². The maximum Gasteiger partial charge on any atom is 0.305 e. The van der Waals surface area contributed by atoms with Gasteiger partial charge in [0.2, 0.25) is 0 Å². The summed E-state index contributed by atoms with van der Waals surface area (Å²) >= 11 is 0. The Bertz CT molecular complexity index is 396. The Kier molecular flexibility index (Phi) is 5.58. The summed E-state index contributed by atoms with van der Waals surface area (Å²) < 4.78 is 13.2. The molecular formula is C13H19FN2O2. The Hall–Kier alpha value is -1.62. The van der Waals surface area contributed by atoms with E-state index in [4.69, 9.17) is 5.11 Å². The molecule has 1 aromatic rings. The van der Waals surface area contributed by atoms with Crippen molar-refractivity contribution in [3.63, 3.8) is 0 Å². The summed E-state index contributed by atoms with van der Waals surface area (Å²) in [5, 5.41) is 8.73. The van der Waals surface area contributed by atoms with E-state index in [1.807, 2.05) is 23.9 Å². The third-order valence-corrected chi connectivity index (χ3v) is 2.59. The average molecular weight is 254 g/mol. The molecule has 4 nitrogen and oxygen atoms in total. The van der Waals surface area contributed by atoms with Crippen molar-refractivity contribution in [2.24, 2.45) is 0 Å². The number of anilines is 1. The van der Waals surface area contributed by atoms with E-state index in [-0.39, 0.29) is 12.2 Å². The minimum atomic E-state index is -0.846. The molecule has 0 radical (unpaired) electrons. The zero-order valence-electron chi connectivity index (χ0n) is 10.8. The highest BCUT2D eigenvalue weighted by atomic mass is 19.1. The molecule has 1 N–H and O–H groups in total. The van der Waals surface area contributed by atoms with Gasteiger partial charge in [-0.25, -0.2) is 4.39 Å². The number of nitrogens with zero attached hydrogens (tertiary/aromatic N) is 2. The molecule has 18 heavy (non-hydrogen) atoms. The molecule has 0 aliphatic carbocycles. The van der Waals surface area contributed by atoms with Gasteiger partial charge in [0, 0.05) is 25.3 Å². The predicted molar refractivity (Wildman–Crippen MR) is 69.4 cm³/mol. The largest absolute Gasteiger partial charge is 0.481 e. The highest BCUT2D eigenvalue weighted by Gasteiger charge is 2.09. The molecule has 1 rings (SSSR count). The Morgan fingerprint density at radius 3 is 2.56 bits per heavy atom. The molecule has 0 saturated heterocycles. The molecule has 100 valence electrons. The third kappa shape index (κ3) is 5.14. The molecule has 0 aromatic heterocycles. The van der Waals surface area contributed by atoms with E-state index in [2.05, 4.69) is 0 Å². The van der Waals surface area contributed by atoms with Crippen LogP contribution >= 0.6 is 0 Å². The molecule has 0 aliphatic rings. The molecule has 0 atom stereocenters. The number of carboxylic acid groups (broad SMARTS) is 1. The number of aliphatic carboxylic acids is 1. The topological polar surface area (TPSA) is 43.8 Å². The van der Waals surface area contributed by atoms with Gasteiger partial charge in [-0.3, -0.25) is 4.79 Å². The van der Waals surface area contributed by atoms with Crippen molar-refractivity contribution >= 4 is 11.7 Å². The summed E-state index contributed by atoms with van der Waals surface area (Å²) in [5.74, 6) is -1.15. The van der Waals surface area contributed by atoms with Gasteiger partial charge >= 0.3 is 5.97 Å². The second-order valence-electron chi connectivity index (χ2n) is 4.41. The summed E-state index contributed by atoms with van der Waals surface area (Å²) in [5.41, 5.74) is 0.720. The summed E-state index contributed by atoms with van der Waals surface area (Å²) in [6.07, 6.45) is 0.0456. The second kappa shape index (κ2) is 6.96. The van der Waals surface area contributed by atoms with E-state index >= 15 is 0 Å². The lowest BCUT2D eigenvalue weighted by atomic mass is 10.2. The Morgan fingerprint density at radius 2 is 2.00 bits per heavy atom. The Morgan fingerprint density at radius 1 is 1.28 bits per heavy atom. The van der Waals surface area contributed by atoms with Gasteiger partial charge in [-0.2, -0.15) is 0 Å². The quantitative estimate of drug-likeness (QED) is 0.804. The molecule has 0 fully saturated rings. The van der Waals surface area contributed by atoms with E-state index in [9.17, 15) is 9.18 Å². The maximum absolute atomic E-state index is 13.2. The van der Waals surface area contributed by atoms with Crippen LogP contribution in [0.5, 0.6) is 0 Å². The first kappa shape index (κ1) is 14.4. The number of rotatable bonds is 7. The minimum Gasteiger partial charge on any atom is -0.481 e. The monoisotopic (exact) mass is 254 g/mol. The van der Waals surface area contributed by atoms with Gasteiger partial charge < -0.3 is 14.9 Å². The van der Waals surface area contributed by atoms with Gasteiger partial charge in [0.15, 0.2) is 0 Å². The van der Waals surface area contributed by atoms with Crippen molar-refractivity contribution < 1.29 is 14.3 Å². The number of hydrogen-bond donors (Lipinski definition) is 1. The number of likely N-dealkylation sites (N-methyl/N-ethyl adjacent to an activating group) is 1. The summed E-state index contributed by atoms with van der Waals surface area (Å²) in [7, 11) is 3.89. The van der Waals surface area contributed by atoms with E-state index in [0.717, 1.165) is 12.2 Å².